The van der Waals surface area contributed by atoms with Crippen LogP contribution in [0, 0.1) is 6.92 Å². The number of hydrogen-bond donors (Lipinski definition) is 1. The van der Waals surface area contributed by atoms with E-state index in [4.69, 9.17) is 9.47 Å². The highest BCUT2D eigenvalue weighted by atomic mass is 32.1. The van der Waals surface area contributed by atoms with Crippen molar-refractivity contribution in [3.63, 3.8) is 0 Å². The Hall–Kier alpha value is -3.45. The second-order valence-electron chi connectivity index (χ2n) is 8.14. The van der Waals surface area contributed by atoms with Crippen molar-refractivity contribution in [3.05, 3.63) is 75.7 Å². The number of esters is 1. The summed E-state index contributed by atoms with van der Waals surface area (Å²) in [5.74, 6) is 0.0827. The summed E-state index contributed by atoms with van der Waals surface area (Å²) in [4.78, 5) is 30.6. The fraction of sp³-hybridized carbons (Fsp3) is 0.296. The molecule has 7 heteroatoms. The number of carbonyl (C=O) groups is 2. The zero-order chi connectivity index (χ0) is 23.9. The standard InChI is InChI=1S/C27H28N2O4S/c1-3-32-27(31)25-22-6-4-5-7-23(22)34-26(25)28-16-19-10-14-21(15-11-19)33-17-24(30)29-20-12-8-18(2)9-13-20/h8-16H,3-7,17H2,1-2H3,(H,29,30). The van der Waals surface area contributed by atoms with Crippen LogP contribution in [0.4, 0.5) is 10.7 Å². The molecule has 0 saturated carbocycles. The summed E-state index contributed by atoms with van der Waals surface area (Å²) < 4.78 is 10.9. The maximum atomic E-state index is 12.6. The summed E-state index contributed by atoms with van der Waals surface area (Å²) in [6.07, 6.45) is 5.87. The second-order valence-corrected chi connectivity index (χ2v) is 9.23. The van der Waals surface area contributed by atoms with Crippen LogP contribution in [0.3, 0.4) is 0 Å². The van der Waals surface area contributed by atoms with Crippen molar-refractivity contribution in [1.29, 1.82) is 0 Å². The van der Waals surface area contributed by atoms with Crippen molar-refractivity contribution in [2.45, 2.75) is 39.5 Å². The number of nitrogens with zero attached hydrogens (tertiary/aromatic N) is 1. The van der Waals surface area contributed by atoms with Gasteiger partial charge in [0, 0.05) is 16.8 Å². The smallest absolute Gasteiger partial charge is 0.341 e. The highest BCUT2D eigenvalue weighted by molar-refractivity contribution is 7.16. The molecule has 1 aliphatic carbocycles. The minimum absolute atomic E-state index is 0.0784. The third kappa shape index (κ3) is 5.91. The van der Waals surface area contributed by atoms with Gasteiger partial charge in [-0.05, 0) is 87.1 Å². The number of nitrogens with one attached hydrogen (secondary N) is 1. The number of fused-ring (bicyclic) bond motifs is 1. The van der Waals surface area contributed by atoms with Gasteiger partial charge in [0.1, 0.15) is 10.8 Å². The molecule has 1 N–H and O–H groups in total. The van der Waals surface area contributed by atoms with Crippen molar-refractivity contribution in [2.75, 3.05) is 18.5 Å². The molecule has 0 bridgehead atoms. The van der Waals surface area contributed by atoms with Crippen LogP contribution in [0.1, 0.15) is 51.7 Å². The maximum Gasteiger partial charge on any atom is 0.341 e. The first kappa shape index (κ1) is 23.7. The Morgan fingerprint density at radius 1 is 1.06 bits per heavy atom. The average molecular weight is 477 g/mol. The molecule has 0 radical (unpaired) electrons. The van der Waals surface area contributed by atoms with Gasteiger partial charge in [0.25, 0.3) is 5.91 Å². The van der Waals surface area contributed by atoms with E-state index in [9.17, 15) is 9.59 Å². The summed E-state index contributed by atoms with van der Waals surface area (Å²) in [6, 6.07) is 14.9. The van der Waals surface area contributed by atoms with Gasteiger partial charge in [-0.3, -0.25) is 4.79 Å². The summed E-state index contributed by atoms with van der Waals surface area (Å²) in [6.45, 7) is 4.08. The van der Waals surface area contributed by atoms with Crippen molar-refractivity contribution in [2.24, 2.45) is 4.99 Å². The Balaban J connectivity index is 1.38. The number of aryl methyl sites for hydroxylation is 2. The van der Waals surface area contributed by atoms with E-state index >= 15 is 0 Å². The minimum Gasteiger partial charge on any atom is -0.484 e. The molecule has 0 aliphatic heterocycles. The van der Waals surface area contributed by atoms with E-state index in [2.05, 4.69) is 10.3 Å². The van der Waals surface area contributed by atoms with Crippen LogP contribution in [0.2, 0.25) is 0 Å². The van der Waals surface area contributed by atoms with Gasteiger partial charge in [-0.2, -0.15) is 0 Å². The summed E-state index contributed by atoms with van der Waals surface area (Å²) in [5.41, 5.74) is 4.47. The molecule has 1 aliphatic rings. The number of carbonyl (C=O) groups excluding carboxylic acids is 2. The molecule has 0 atom stereocenters. The van der Waals surface area contributed by atoms with Gasteiger partial charge in [0.05, 0.1) is 12.2 Å². The van der Waals surface area contributed by atoms with Gasteiger partial charge in [-0.25, -0.2) is 9.79 Å². The first-order valence-corrected chi connectivity index (χ1v) is 12.3. The first-order chi connectivity index (χ1) is 16.5. The number of rotatable bonds is 8. The van der Waals surface area contributed by atoms with Gasteiger partial charge >= 0.3 is 5.97 Å². The van der Waals surface area contributed by atoms with Crippen LogP contribution >= 0.6 is 11.3 Å². The van der Waals surface area contributed by atoms with E-state index in [-0.39, 0.29) is 18.5 Å². The zero-order valence-corrected chi connectivity index (χ0v) is 20.2. The quantitative estimate of drug-likeness (QED) is 0.325. The highest BCUT2D eigenvalue weighted by Gasteiger charge is 2.26. The predicted octanol–water partition coefficient (Wildman–Crippen LogP) is 5.88. The number of thiophene rings is 1. The highest BCUT2D eigenvalue weighted by Crippen LogP contribution is 2.40. The van der Waals surface area contributed by atoms with Crippen molar-refractivity contribution in [1.82, 2.24) is 0 Å². The van der Waals surface area contributed by atoms with Crippen molar-refractivity contribution < 1.29 is 19.1 Å². The normalized spacial score (nSPS) is 12.9. The molecule has 0 fully saturated rings. The van der Waals surface area contributed by atoms with E-state index < -0.39 is 0 Å². The molecule has 0 unspecified atom stereocenters. The van der Waals surface area contributed by atoms with Crippen LogP contribution < -0.4 is 10.1 Å². The number of benzene rings is 2. The number of anilines is 1. The number of ether oxygens (including phenoxy) is 2. The SMILES string of the molecule is CCOC(=O)c1c(N=Cc2ccc(OCC(=O)Nc3ccc(C)cc3)cc2)sc2c1CCCC2. The molecular formula is C27H28N2O4S. The maximum absolute atomic E-state index is 12.6. The van der Waals surface area contributed by atoms with E-state index in [1.54, 1.807) is 29.7 Å². The monoisotopic (exact) mass is 476 g/mol. The Labute approximate surface area is 203 Å². The first-order valence-electron chi connectivity index (χ1n) is 11.5. The molecule has 0 spiro atoms. The van der Waals surface area contributed by atoms with E-state index in [1.165, 1.54) is 4.88 Å². The zero-order valence-electron chi connectivity index (χ0n) is 19.4. The number of hydrogen-bond acceptors (Lipinski definition) is 6. The molecule has 1 heterocycles. The second kappa shape index (κ2) is 11.1. The average Bonchev–Trinajstić information content (AvgIpc) is 3.22. The van der Waals surface area contributed by atoms with Gasteiger partial charge in [-0.15, -0.1) is 11.3 Å². The fourth-order valence-corrected chi connectivity index (χ4v) is 5.04. The van der Waals surface area contributed by atoms with Gasteiger partial charge in [-0.1, -0.05) is 17.7 Å². The molecular weight excluding hydrogens is 448 g/mol. The van der Waals surface area contributed by atoms with Crippen LogP contribution in [0.25, 0.3) is 0 Å². The molecule has 0 saturated heterocycles. The lowest BCUT2D eigenvalue weighted by atomic mass is 9.95. The molecule has 4 rings (SSSR count). The Kier molecular flexibility index (Phi) is 7.75. The van der Waals surface area contributed by atoms with Crippen LogP contribution in [-0.2, 0) is 22.4 Å². The molecule has 1 amide bonds. The fourth-order valence-electron chi connectivity index (χ4n) is 3.82. The third-order valence-corrected chi connectivity index (χ3v) is 6.75. The summed E-state index contributed by atoms with van der Waals surface area (Å²) in [7, 11) is 0. The van der Waals surface area contributed by atoms with E-state index in [1.807, 2.05) is 50.2 Å². The molecule has 176 valence electrons. The lowest BCUT2D eigenvalue weighted by Crippen LogP contribution is -2.20. The molecule has 1 aromatic heterocycles. The predicted molar refractivity (Wildman–Crippen MR) is 136 cm³/mol. The van der Waals surface area contributed by atoms with Crippen molar-refractivity contribution in [3.8, 4) is 5.75 Å². The van der Waals surface area contributed by atoms with Gasteiger partial charge in [0.2, 0.25) is 0 Å². The van der Waals surface area contributed by atoms with Gasteiger partial charge in [0.15, 0.2) is 6.61 Å². The largest absolute Gasteiger partial charge is 0.484 e. The molecule has 2 aromatic carbocycles. The number of aliphatic imine (C=N–C) groups is 1. The Morgan fingerprint density at radius 2 is 1.79 bits per heavy atom. The van der Waals surface area contributed by atoms with Crippen LogP contribution in [-0.4, -0.2) is 31.3 Å². The van der Waals surface area contributed by atoms with Crippen LogP contribution in [0.15, 0.2) is 53.5 Å². The molecule has 6 nitrogen and oxygen atoms in total. The Bertz CT molecular complexity index is 1180. The summed E-state index contributed by atoms with van der Waals surface area (Å²) >= 11 is 1.58. The minimum atomic E-state index is -0.290. The lowest BCUT2D eigenvalue weighted by molar-refractivity contribution is -0.118. The summed E-state index contributed by atoms with van der Waals surface area (Å²) in [5, 5.41) is 3.52. The molecule has 3 aromatic rings. The van der Waals surface area contributed by atoms with Gasteiger partial charge < -0.3 is 14.8 Å². The van der Waals surface area contributed by atoms with Crippen molar-refractivity contribution >= 4 is 40.1 Å². The lowest BCUT2D eigenvalue weighted by Gasteiger charge is -2.11. The van der Waals surface area contributed by atoms with E-state index in [0.29, 0.717) is 22.9 Å². The molecule has 34 heavy (non-hydrogen) atoms. The van der Waals surface area contributed by atoms with E-state index in [0.717, 1.165) is 48.1 Å². The number of amides is 1. The topological polar surface area (TPSA) is 77.0 Å². The Morgan fingerprint density at radius 3 is 2.53 bits per heavy atom. The van der Waals surface area contributed by atoms with Crippen LogP contribution in [0.5, 0.6) is 5.75 Å². The third-order valence-electron chi connectivity index (χ3n) is 5.55.